The highest BCUT2D eigenvalue weighted by Gasteiger charge is 2.33. The van der Waals surface area contributed by atoms with Gasteiger partial charge in [0.15, 0.2) is 0 Å². The molecule has 3 atom stereocenters. The molecule has 1 amide bonds. The number of hydrogen-bond donors (Lipinski definition) is 3. The average molecular weight is 639 g/mol. The normalized spacial score (nSPS) is 20.0. The number of carbonyl (C=O) groups is 1. The van der Waals surface area contributed by atoms with Gasteiger partial charge in [-0.2, -0.15) is 5.10 Å². The van der Waals surface area contributed by atoms with Gasteiger partial charge >= 0.3 is 0 Å². The van der Waals surface area contributed by atoms with Crippen molar-refractivity contribution in [2.45, 2.75) is 31.7 Å². The molecule has 2 aromatic heterocycles. The lowest BCUT2D eigenvalue weighted by molar-refractivity contribution is 0.0323. The molecule has 2 fully saturated rings. The van der Waals surface area contributed by atoms with Crippen LogP contribution in [0.1, 0.15) is 34.5 Å². The van der Waals surface area contributed by atoms with Crippen LogP contribution in [-0.2, 0) is 18.4 Å². The Hall–Kier alpha value is -4.13. The summed E-state index contributed by atoms with van der Waals surface area (Å²) in [6.07, 6.45) is 5.11. The molecule has 4 heterocycles. The molecule has 1 unspecified atom stereocenters. The van der Waals surface area contributed by atoms with Gasteiger partial charge in [-0.15, -0.1) is 0 Å². The van der Waals surface area contributed by atoms with Gasteiger partial charge in [0.1, 0.15) is 5.82 Å². The number of anilines is 1. The van der Waals surface area contributed by atoms with E-state index in [4.69, 9.17) is 10.5 Å². The van der Waals surface area contributed by atoms with Gasteiger partial charge in [0.25, 0.3) is 5.91 Å². The quantitative estimate of drug-likeness (QED) is 0.227. The number of piperazine rings is 1. The lowest BCUT2D eigenvalue weighted by atomic mass is 9.99. The molecular formula is C36H46N8O3. The smallest absolute Gasteiger partial charge is 0.255 e. The Morgan fingerprint density at radius 3 is 2.34 bits per heavy atom. The summed E-state index contributed by atoms with van der Waals surface area (Å²) in [5.41, 5.74) is 12.9. The second kappa shape index (κ2) is 14.7. The molecule has 2 aromatic carbocycles. The van der Waals surface area contributed by atoms with E-state index in [1.165, 1.54) is 11.1 Å². The van der Waals surface area contributed by atoms with Gasteiger partial charge in [0, 0.05) is 82.4 Å². The van der Waals surface area contributed by atoms with E-state index >= 15 is 0 Å². The summed E-state index contributed by atoms with van der Waals surface area (Å²) in [4.78, 5) is 24.6. The molecule has 2 aliphatic rings. The Morgan fingerprint density at radius 1 is 0.979 bits per heavy atom. The number of aliphatic hydroxyl groups is 1. The lowest BCUT2D eigenvalue weighted by Crippen LogP contribution is -2.47. The number of nitrogens with one attached hydrogen (secondary N) is 1. The molecular weight excluding hydrogens is 592 g/mol. The molecule has 0 saturated carbocycles. The molecule has 0 aliphatic carbocycles. The number of nitrogens with zero attached hydrogens (tertiary/aromatic N) is 6. The summed E-state index contributed by atoms with van der Waals surface area (Å²) in [6.45, 7) is 9.15. The zero-order chi connectivity index (χ0) is 32.9. The number of aliphatic hydroxyl groups excluding tert-OH is 1. The number of pyridine rings is 1. The number of likely N-dealkylation sites (tertiary alicyclic amines) is 1. The minimum atomic E-state index is -0.264. The van der Waals surface area contributed by atoms with Gasteiger partial charge < -0.3 is 25.8 Å². The Morgan fingerprint density at radius 2 is 1.68 bits per heavy atom. The van der Waals surface area contributed by atoms with Crippen LogP contribution in [0.2, 0.25) is 0 Å². The van der Waals surface area contributed by atoms with Gasteiger partial charge in [-0.1, -0.05) is 48.5 Å². The minimum absolute atomic E-state index is 0.161. The summed E-state index contributed by atoms with van der Waals surface area (Å²) in [6, 6.07) is 19.3. The largest absolute Gasteiger partial charge is 0.395 e. The summed E-state index contributed by atoms with van der Waals surface area (Å²) < 4.78 is 8.07. The molecule has 0 bridgehead atoms. The summed E-state index contributed by atoms with van der Waals surface area (Å²) >= 11 is 0. The van der Waals surface area contributed by atoms with Gasteiger partial charge in [-0.3, -0.25) is 19.3 Å². The van der Waals surface area contributed by atoms with Gasteiger partial charge in [0.05, 0.1) is 37.1 Å². The summed E-state index contributed by atoms with van der Waals surface area (Å²) in [5.74, 6) is -0.0726. The Bertz CT molecular complexity index is 1630. The van der Waals surface area contributed by atoms with Crippen molar-refractivity contribution in [1.29, 1.82) is 0 Å². The molecule has 0 radical (unpaired) electrons. The van der Waals surface area contributed by atoms with Crippen LogP contribution in [0.4, 0.5) is 5.82 Å². The summed E-state index contributed by atoms with van der Waals surface area (Å²) in [5, 5.41) is 16.6. The maximum absolute atomic E-state index is 13.3. The number of nitrogen functional groups attached to an aromatic ring is 1. The molecule has 11 nitrogen and oxygen atoms in total. The van der Waals surface area contributed by atoms with Crippen LogP contribution < -0.4 is 11.1 Å². The number of carbonyl (C=O) groups excluding carboxylic acids is 1. The third kappa shape index (κ3) is 7.89. The van der Waals surface area contributed by atoms with Gasteiger partial charge in [-0.25, -0.2) is 4.98 Å². The molecule has 11 heteroatoms. The number of hydrogen-bond acceptors (Lipinski definition) is 9. The molecule has 2 saturated heterocycles. The SMILES string of the molecule is CC(c1ccc(-c2ccc(CO[C@H]3CN(C)C[C@@H]3NC(=O)c3cc(-c4cnn(C)c4)cnc3N)cc2)cc1)N1CCN(CCO)CC1. The Balaban J connectivity index is 1.03. The standard InChI is InChI=1S/C36H46N8O3/c1-25(44-14-12-43(13-15-44)16-17-45)27-8-10-29(11-9-27)28-6-4-26(5-7-28)24-47-34-23-41(2)22-33(34)40-36(46)32-18-30(19-38-35(32)37)31-20-39-42(3)21-31/h4-11,18-21,25,33-34,45H,12-17,22-24H2,1-3H3,(H2,37,38)(H,40,46)/t25?,33-,34-/m0/s1. The molecule has 248 valence electrons. The fraction of sp³-hybridized carbons (Fsp3) is 0.417. The number of β-amino-alcohol motifs (C(OH)–C–C–N with tert-alkyl or cyclic N) is 1. The van der Waals surface area contributed by atoms with E-state index in [0.717, 1.165) is 61.5 Å². The first-order valence-electron chi connectivity index (χ1n) is 16.4. The van der Waals surface area contributed by atoms with Crippen LogP contribution >= 0.6 is 0 Å². The van der Waals surface area contributed by atoms with Gasteiger partial charge in [0.2, 0.25) is 0 Å². The Labute approximate surface area is 276 Å². The van der Waals surface area contributed by atoms with Crippen molar-refractivity contribution in [2.24, 2.45) is 7.05 Å². The molecule has 2 aliphatic heterocycles. The van der Waals surface area contributed by atoms with E-state index in [1.54, 1.807) is 23.1 Å². The first-order chi connectivity index (χ1) is 22.8. The third-order valence-corrected chi connectivity index (χ3v) is 9.48. The lowest BCUT2D eigenvalue weighted by Gasteiger charge is -2.38. The minimum Gasteiger partial charge on any atom is -0.395 e. The van der Waals surface area contributed by atoms with Crippen LogP contribution in [0, 0.1) is 0 Å². The van der Waals surface area contributed by atoms with E-state index in [1.807, 2.05) is 20.3 Å². The van der Waals surface area contributed by atoms with Crippen molar-refractivity contribution < 1.29 is 14.6 Å². The van der Waals surface area contributed by atoms with Crippen LogP contribution in [0.25, 0.3) is 22.3 Å². The predicted molar refractivity (Wildman–Crippen MR) is 184 cm³/mol. The van der Waals surface area contributed by atoms with Crippen molar-refractivity contribution in [3.8, 4) is 22.3 Å². The van der Waals surface area contributed by atoms with Crippen LogP contribution in [0.15, 0.2) is 73.2 Å². The molecule has 6 rings (SSSR count). The average Bonchev–Trinajstić information content (AvgIpc) is 3.68. The number of rotatable bonds is 11. The first-order valence-corrected chi connectivity index (χ1v) is 16.4. The monoisotopic (exact) mass is 638 g/mol. The van der Waals surface area contributed by atoms with Crippen molar-refractivity contribution in [2.75, 3.05) is 65.2 Å². The molecule has 0 spiro atoms. The zero-order valence-corrected chi connectivity index (χ0v) is 27.5. The maximum Gasteiger partial charge on any atom is 0.255 e. The number of ether oxygens (including phenoxy) is 1. The zero-order valence-electron chi connectivity index (χ0n) is 27.5. The Kier molecular flexibility index (Phi) is 10.3. The molecule has 4 aromatic rings. The van der Waals surface area contributed by atoms with Crippen molar-refractivity contribution in [3.63, 3.8) is 0 Å². The van der Waals surface area contributed by atoms with Gasteiger partial charge in [-0.05, 0) is 42.3 Å². The topological polar surface area (TPSA) is 125 Å². The predicted octanol–water partition coefficient (Wildman–Crippen LogP) is 3.03. The second-order valence-electron chi connectivity index (χ2n) is 12.8. The maximum atomic E-state index is 13.3. The van der Waals surface area contributed by atoms with Crippen molar-refractivity contribution in [1.82, 2.24) is 34.8 Å². The van der Waals surface area contributed by atoms with E-state index in [-0.39, 0.29) is 30.5 Å². The second-order valence-corrected chi connectivity index (χ2v) is 12.8. The van der Waals surface area contributed by atoms with Crippen molar-refractivity contribution in [3.05, 3.63) is 89.9 Å². The van der Waals surface area contributed by atoms with Crippen LogP contribution in [0.5, 0.6) is 0 Å². The van der Waals surface area contributed by atoms with E-state index in [9.17, 15) is 9.90 Å². The molecule has 4 N–H and O–H groups in total. The van der Waals surface area contributed by atoms with E-state index in [0.29, 0.717) is 24.8 Å². The number of nitrogens with two attached hydrogens (primary N) is 1. The highest BCUT2D eigenvalue weighted by Crippen LogP contribution is 2.27. The third-order valence-electron chi connectivity index (χ3n) is 9.48. The van der Waals surface area contributed by atoms with E-state index < -0.39 is 0 Å². The van der Waals surface area contributed by atoms with Crippen LogP contribution in [0.3, 0.4) is 0 Å². The van der Waals surface area contributed by atoms with Crippen LogP contribution in [-0.4, -0.2) is 112 Å². The highest BCUT2D eigenvalue weighted by molar-refractivity contribution is 5.99. The first kappa shape index (κ1) is 32.8. The molecule has 47 heavy (non-hydrogen) atoms. The number of benzene rings is 2. The highest BCUT2D eigenvalue weighted by atomic mass is 16.5. The fourth-order valence-electron chi connectivity index (χ4n) is 6.58. The number of aryl methyl sites for hydroxylation is 1. The number of aromatic nitrogens is 3. The summed E-state index contributed by atoms with van der Waals surface area (Å²) in [7, 11) is 3.87. The van der Waals surface area contributed by atoms with Crippen molar-refractivity contribution >= 4 is 11.7 Å². The number of amides is 1. The number of likely N-dealkylation sites (N-methyl/N-ethyl adjacent to an activating group) is 1. The van der Waals surface area contributed by atoms with E-state index in [2.05, 4.69) is 85.6 Å². The fourth-order valence-corrected chi connectivity index (χ4v) is 6.58.